The Morgan fingerprint density at radius 3 is 3.00 bits per heavy atom. The minimum absolute atomic E-state index is 0.0267. The molecule has 0 aliphatic carbocycles. The third-order valence-corrected chi connectivity index (χ3v) is 3.89. The van der Waals surface area contributed by atoms with Crippen LogP contribution in [0, 0.1) is 6.92 Å². The van der Waals surface area contributed by atoms with Gasteiger partial charge in [-0.3, -0.25) is 9.59 Å². The molecule has 1 amide bonds. The molecule has 1 saturated heterocycles. The molecular formula is C12H15NO4S. The molecule has 2 rings (SSSR count). The number of ether oxygens (including phenoxy) is 1. The van der Waals surface area contributed by atoms with E-state index in [1.807, 2.05) is 18.4 Å². The molecule has 1 atom stereocenters. The third-order valence-electron chi connectivity index (χ3n) is 2.88. The zero-order valence-electron chi connectivity index (χ0n) is 10.1. The van der Waals surface area contributed by atoms with Gasteiger partial charge in [-0.15, -0.1) is 11.3 Å². The fourth-order valence-corrected chi connectivity index (χ4v) is 2.85. The lowest BCUT2D eigenvalue weighted by Crippen LogP contribution is -2.46. The van der Waals surface area contributed by atoms with Crippen LogP contribution in [0.15, 0.2) is 11.4 Å². The van der Waals surface area contributed by atoms with Crippen LogP contribution in [0.25, 0.3) is 0 Å². The van der Waals surface area contributed by atoms with E-state index in [0.29, 0.717) is 19.7 Å². The molecule has 1 aromatic heterocycles. The van der Waals surface area contributed by atoms with Gasteiger partial charge >= 0.3 is 5.97 Å². The molecule has 0 spiro atoms. The van der Waals surface area contributed by atoms with Crippen LogP contribution in [0.2, 0.25) is 0 Å². The number of carbonyl (C=O) groups is 2. The molecule has 1 aromatic rings. The van der Waals surface area contributed by atoms with Crippen molar-refractivity contribution in [3.63, 3.8) is 0 Å². The topological polar surface area (TPSA) is 66.8 Å². The molecule has 0 saturated carbocycles. The largest absolute Gasteiger partial charge is 0.481 e. The summed E-state index contributed by atoms with van der Waals surface area (Å²) in [5, 5.41) is 10.6. The number of hydrogen-bond donors (Lipinski definition) is 1. The number of hydrogen-bond acceptors (Lipinski definition) is 4. The average molecular weight is 269 g/mol. The molecule has 0 bridgehead atoms. The van der Waals surface area contributed by atoms with Crippen LogP contribution in [0.3, 0.4) is 0 Å². The van der Waals surface area contributed by atoms with E-state index in [0.717, 1.165) is 10.4 Å². The summed E-state index contributed by atoms with van der Waals surface area (Å²) < 4.78 is 5.35. The Kier molecular flexibility index (Phi) is 3.98. The van der Waals surface area contributed by atoms with Gasteiger partial charge < -0.3 is 14.7 Å². The molecule has 1 fully saturated rings. The summed E-state index contributed by atoms with van der Waals surface area (Å²) in [5.74, 6) is -0.928. The van der Waals surface area contributed by atoms with Gasteiger partial charge in [-0.1, -0.05) is 0 Å². The van der Waals surface area contributed by atoms with Crippen molar-refractivity contribution in [2.75, 3.05) is 19.7 Å². The summed E-state index contributed by atoms with van der Waals surface area (Å²) >= 11 is 1.42. The van der Waals surface area contributed by atoms with Gasteiger partial charge in [-0.25, -0.2) is 0 Å². The van der Waals surface area contributed by atoms with Crippen LogP contribution in [0.1, 0.15) is 21.7 Å². The van der Waals surface area contributed by atoms with Gasteiger partial charge in [0.2, 0.25) is 0 Å². The van der Waals surface area contributed by atoms with E-state index >= 15 is 0 Å². The van der Waals surface area contributed by atoms with Crippen molar-refractivity contribution < 1.29 is 19.4 Å². The highest BCUT2D eigenvalue weighted by molar-refractivity contribution is 7.12. The Balaban J connectivity index is 2.03. The standard InChI is InChI=1S/C12H15NO4S/c1-8-2-5-18-11(8)12(16)13-3-4-17-9(7-13)6-10(14)15/h2,5,9H,3-4,6-7H2,1H3,(H,14,15)/t9-/m0/s1. The fraction of sp³-hybridized carbons (Fsp3) is 0.500. The smallest absolute Gasteiger partial charge is 0.306 e. The van der Waals surface area contributed by atoms with Crippen LogP contribution in [0.5, 0.6) is 0 Å². The van der Waals surface area contributed by atoms with Crippen molar-refractivity contribution in [1.82, 2.24) is 4.90 Å². The highest BCUT2D eigenvalue weighted by Gasteiger charge is 2.27. The summed E-state index contributed by atoms with van der Waals surface area (Å²) in [7, 11) is 0. The SMILES string of the molecule is Cc1ccsc1C(=O)N1CCO[C@@H](CC(=O)O)C1. The van der Waals surface area contributed by atoms with Crippen molar-refractivity contribution >= 4 is 23.2 Å². The first kappa shape index (κ1) is 13.0. The second kappa shape index (κ2) is 5.49. The fourth-order valence-electron chi connectivity index (χ4n) is 1.96. The maximum atomic E-state index is 12.2. The number of aryl methyl sites for hydroxylation is 1. The monoisotopic (exact) mass is 269 g/mol. The summed E-state index contributed by atoms with van der Waals surface area (Å²) in [6, 6.07) is 1.91. The number of carboxylic acids is 1. The zero-order chi connectivity index (χ0) is 13.1. The number of amides is 1. The number of rotatable bonds is 3. The summed E-state index contributed by atoms with van der Waals surface area (Å²) in [6.45, 7) is 3.17. The molecule has 1 N–H and O–H groups in total. The molecule has 0 radical (unpaired) electrons. The van der Waals surface area contributed by atoms with E-state index < -0.39 is 12.1 Å². The van der Waals surface area contributed by atoms with Gasteiger partial charge in [-0.2, -0.15) is 0 Å². The van der Waals surface area contributed by atoms with Gasteiger partial charge in [0, 0.05) is 13.1 Å². The van der Waals surface area contributed by atoms with E-state index in [4.69, 9.17) is 9.84 Å². The lowest BCUT2D eigenvalue weighted by atomic mass is 10.2. The van der Waals surface area contributed by atoms with Crippen LogP contribution < -0.4 is 0 Å². The maximum absolute atomic E-state index is 12.2. The van der Waals surface area contributed by atoms with E-state index in [9.17, 15) is 9.59 Å². The van der Waals surface area contributed by atoms with Gasteiger partial charge in [-0.05, 0) is 23.9 Å². The number of aliphatic carboxylic acids is 1. The van der Waals surface area contributed by atoms with Crippen molar-refractivity contribution in [2.45, 2.75) is 19.4 Å². The Bertz CT molecular complexity index is 457. The Hall–Kier alpha value is -1.40. The summed E-state index contributed by atoms with van der Waals surface area (Å²) in [6.07, 6.45) is -0.465. The number of thiophene rings is 1. The molecule has 2 heterocycles. The molecule has 1 aliphatic rings. The van der Waals surface area contributed by atoms with Gasteiger partial charge in [0.15, 0.2) is 0 Å². The lowest BCUT2D eigenvalue weighted by Gasteiger charge is -2.32. The van der Waals surface area contributed by atoms with Crippen LogP contribution >= 0.6 is 11.3 Å². The van der Waals surface area contributed by atoms with E-state index in [-0.39, 0.29) is 12.3 Å². The van der Waals surface area contributed by atoms with Crippen LogP contribution in [0.4, 0.5) is 0 Å². The van der Waals surface area contributed by atoms with Gasteiger partial charge in [0.25, 0.3) is 5.91 Å². The van der Waals surface area contributed by atoms with E-state index in [2.05, 4.69) is 0 Å². The minimum Gasteiger partial charge on any atom is -0.481 e. The minimum atomic E-state index is -0.901. The van der Waals surface area contributed by atoms with Crippen molar-refractivity contribution in [3.8, 4) is 0 Å². The highest BCUT2D eigenvalue weighted by Crippen LogP contribution is 2.20. The predicted octanol–water partition coefficient (Wildman–Crippen LogP) is 1.37. The zero-order valence-corrected chi connectivity index (χ0v) is 10.9. The van der Waals surface area contributed by atoms with E-state index in [1.165, 1.54) is 11.3 Å². The van der Waals surface area contributed by atoms with Crippen molar-refractivity contribution in [1.29, 1.82) is 0 Å². The quantitative estimate of drug-likeness (QED) is 0.900. The highest BCUT2D eigenvalue weighted by atomic mass is 32.1. The first-order valence-electron chi connectivity index (χ1n) is 5.74. The number of morpholine rings is 1. The summed E-state index contributed by atoms with van der Waals surface area (Å²) in [4.78, 5) is 25.3. The normalized spacial score (nSPS) is 19.8. The van der Waals surface area contributed by atoms with E-state index in [1.54, 1.807) is 4.90 Å². The molecule has 18 heavy (non-hydrogen) atoms. The van der Waals surface area contributed by atoms with Gasteiger partial charge in [0.05, 0.1) is 24.0 Å². The van der Waals surface area contributed by atoms with Gasteiger partial charge in [0.1, 0.15) is 0 Å². The molecule has 6 heteroatoms. The molecular weight excluding hydrogens is 254 g/mol. The molecule has 0 unspecified atom stereocenters. The van der Waals surface area contributed by atoms with Crippen molar-refractivity contribution in [2.24, 2.45) is 0 Å². The Morgan fingerprint density at radius 1 is 1.61 bits per heavy atom. The average Bonchev–Trinajstić information content (AvgIpc) is 2.74. The molecule has 5 nitrogen and oxygen atoms in total. The number of nitrogens with zero attached hydrogens (tertiary/aromatic N) is 1. The van der Waals surface area contributed by atoms with Crippen LogP contribution in [-0.2, 0) is 9.53 Å². The molecule has 1 aliphatic heterocycles. The van der Waals surface area contributed by atoms with Crippen LogP contribution in [-0.4, -0.2) is 47.7 Å². The molecule has 98 valence electrons. The lowest BCUT2D eigenvalue weighted by molar-refractivity contribution is -0.141. The number of carboxylic acid groups (broad SMARTS) is 1. The first-order chi connectivity index (χ1) is 8.58. The Labute approximate surface area is 109 Å². The first-order valence-corrected chi connectivity index (χ1v) is 6.62. The second-order valence-corrected chi connectivity index (χ2v) is 5.19. The molecule has 0 aromatic carbocycles. The third kappa shape index (κ3) is 2.88. The maximum Gasteiger partial charge on any atom is 0.306 e. The van der Waals surface area contributed by atoms with Crippen molar-refractivity contribution in [3.05, 3.63) is 21.9 Å². The Morgan fingerprint density at radius 2 is 2.39 bits per heavy atom. The summed E-state index contributed by atoms with van der Waals surface area (Å²) in [5.41, 5.74) is 0.964. The predicted molar refractivity (Wildman–Crippen MR) is 67.0 cm³/mol. The second-order valence-electron chi connectivity index (χ2n) is 4.27. The number of carbonyl (C=O) groups excluding carboxylic acids is 1.